The molecule has 0 aliphatic heterocycles. The SMILES string of the molecule is COCCn1c(C(=O)O)cc2ncccc21.O=C(O)C(F)(F)F. The van der Waals surface area contributed by atoms with Crippen molar-refractivity contribution in [3.05, 3.63) is 30.1 Å². The summed E-state index contributed by atoms with van der Waals surface area (Å²) in [6, 6.07) is 5.22. The molecule has 0 radical (unpaired) electrons. The van der Waals surface area contributed by atoms with Gasteiger partial charge in [0.25, 0.3) is 0 Å². The van der Waals surface area contributed by atoms with Gasteiger partial charge in [-0.15, -0.1) is 0 Å². The number of rotatable bonds is 4. The highest BCUT2D eigenvalue weighted by atomic mass is 19.4. The smallest absolute Gasteiger partial charge is 0.477 e. The Balaban J connectivity index is 0.000000322. The van der Waals surface area contributed by atoms with Crippen LogP contribution in [0.3, 0.4) is 0 Å². The number of nitrogens with zero attached hydrogens (tertiary/aromatic N) is 2. The van der Waals surface area contributed by atoms with Crippen molar-refractivity contribution in [3.63, 3.8) is 0 Å². The molecule has 7 nitrogen and oxygen atoms in total. The monoisotopic (exact) mass is 334 g/mol. The molecule has 10 heteroatoms. The third-order valence-electron chi connectivity index (χ3n) is 2.65. The Kier molecular flexibility index (Phi) is 6.08. The molecule has 0 aliphatic carbocycles. The number of carboxylic acid groups (broad SMARTS) is 2. The maximum Gasteiger partial charge on any atom is 0.490 e. The number of pyridine rings is 1. The van der Waals surface area contributed by atoms with Gasteiger partial charge < -0.3 is 19.5 Å². The molecule has 0 amide bonds. The maximum absolute atomic E-state index is 11.1. The molecule has 126 valence electrons. The lowest BCUT2D eigenvalue weighted by atomic mass is 10.4. The third kappa shape index (κ3) is 4.95. The largest absolute Gasteiger partial charge is 0.490 e. The number of hydrogen-bond donors (Lipinski definition) is 2. The molecule has 0 bridgehead atoms. The van der Waals surface area contributed by atoms with Gasteiger partial charge in [-0.3, -0.25) is 4.98 Å². The first kappa shape index (κ1) is 18.4. The molecule has 0 saturated carbocycles. The van der Waals surface area contributed by atoms with Crippen LogP contribution in [-0.2, 0) is 16.1 Å². The van der Waals surface area contributed by atoms with E-state index in [-0.39, 0.29) is 5.69 Å². The topological polar surface area (TPSA) is 102 Å². The fourth-order valence-electron chi connectivity index (χ4n) is 1.69. The van der Waals surface area contributed by atoms with Crippen molar-refractivity contribution in [3.8, 4) is 0 Å². The van der Waals surface area contributed by atoms with Crippen molar-refractivity contribution in [1.82, 2.24) is 9.55 Å². The summed E-state index contributed by atoms with van der Waals surface area (Å²) in [7, 11) is 1.59. The zero-order valence-electron chi connectivity index (χ0n) is 11.9. The van der Waals surface area contributed by atoms with Crippen LogP contribution in [0.2, 0.25) is 0 Å². The molecule has 0 unspecified atom stereocenters. The van der Waals surface area contributed by atoms with E-state index in [1.807, 2.05) is 6.07 Å². The minimum atomic E-state index is -5.08. The summed E-state index contributed by atoms with van der Waals surface area (Å²) in [4.78, 5) is 24.1. The minimum Gasteiger partial charge on any atom is -0.477 e. The molecule has 0 spiro atoms. The Morgan fingerprint density at radius 2 is 1.96 bits per heavy atom. The van der Waals surface area contributed by atoms with Crippen LogP contribution in [0.1, 0.15) is 10.5 Å². The number of aromatic nitrogens is 2. The summed E-state index contributed by atoms with van der Waals surface area (Å²) in [5, 5.41) is 16.2. The molecule has 2 N–H and O–H groups in total. The summed E-state index contributed by atoms with van der Waals surface area (Å²) in [5.74, 6) is -3.71. The Hall–Kier alpha value is -2.62. The van der Waals surface area contributed by atoms with Gasteiger partial charge in [0.05, 0.1) is 17.6 Å². The van der Waals surface area contributed by atoms with Gasteiger partial charge >= 0.3 is 18.1 Å². The van der Waals surface area contributed by atoms with Crippen molar-refractivity contribution in [2.24, 2.45) is 0 Å². The molecule has 0 aromatic carbocycles. The molecule has 0 atom stereocenters. The van der Waals surface area contributed by atoms with Crippen LogP contribution < -0.4 is 0 Å². The predicted molar refractivity (Wildman–Crippen MR) is 72.3 cm³/mol. The number of carbonyl (C=O) groups is 2. The molecule has 0 fully saturated rings. The van der Waals surface area contributed by atoms with E-state index >= 15 is 0 Å². The molecule has 0 aliphatic rings. The Bertz CT molecular complexity index is 696. The van der Waals surface area contributed by atoms with Gasteiger partial charge in [0.2, 0.25) is 0 Å². The molecule has 2 aromatic heterocycles. The first-order valence-electron chi connectivity index (χ1n) is 6.15. The summed E-state index contributed by atoms with van der Waals surface area (Å²) >= 11 is 0. The van der Waals surface area contributed by atoms with Crippen LogP contribution in [0, 0.1) is 0 Å². The molecular weight excluding hydrogens is 321 g/mol. The second-order valence-corrected chi connectivity index (χ2v) is 4.19. The highest BCUT2D eigenvalue weighted by molar-refractivity contribution is 5.93. The van der Waals surface area contributed by atoms with Crippen molar-refractivity contribution in [2.45, 2.75) is 12.7 Å². The van der Waals surface area contributed by atoms with E-state index in [0.717, 1.165) is 5.52 Å². The number of carboxylic acids is 2. The van der Waals surface area contributed by atoms with Crippen LogP contribution in [-0.4, -0.2) is 51.6 Å². The minimum absolute atomic E-state index is 0.241. The molecule has 0 saturated heterocycles. The average molecular weight is 334 g/mol. The van der Waals surface area contributed by atoms with Gasteiger partial charge in [-0.2, -0.15) is 13.2 Å². The lowest BCUT2D eigenvalue weighted by Gasteiger charge is -2.06. The van der Waals surface area contributed by atoms with Crippen LogP contribution in [0.5, 0.6) is 0 Å². The third-order valence-corrected chi connectivity index (χ3v) is 2.65. The van der Waals surface area contributed by atoms with Gasteiger partial charge in [-0.25, -0.2) is 9.59 Å². The van der Waals surface area contributed by atoms with E-state index < -0.39 is 18.1 Å². The Labute approximate surface area is 127 Å². The highest BCUT2D eigenvalue weighted by Gasteiger charge is 2.38. The number of methoxy groups -OCH3 is 1. The number of hydrogen-bond acceptors (Lipinski definition) is 4. The number of alkyl halides is 3. The first-order chi connectivity index (χ1) is 10.7. The van der Waals surface area contributed by atoms with Gasteiger partial charge in [0.1, 0.15) is 5.69 Å². The molecular formula is C13H13F3N2O5. The van der Waals surface area contributed by atoms with E-state index in [2.05, 4.69) is 4.98 Å². The van der Waals surface area contributed by atoms with E-state index in [0.29, 0.717) is 18.7 Å². The lowest BCUT2D eigenvalue weighted by molar-refractivity contribution is -0.192. The normalized spacial score (nSPS) is 11.0. The fraction of sp³-hybridized carbons (Fsp3) is 0.308. The zero-order chi connectivity index (χ0) is 17.6. The zero-order valence-corrected chi connectivity index (χ0v) is 11.9. The number of aliphatic carboxylic acids is 1. The van der Waals surface area contributed by atoms with Crippen molar-refractivity contribution in [2.75, 3.05) is 13.7 Å². The van der Waals surface area contributed by atoms with E-state index in [1.54, 1.807) is 30.0 Å². The predicted octanol–water partition coefficient (Wildman–Crippen LogP) is 2.01. The molecule has 2 heterocycles. The van der Waals surface area contributed by atoms with E-state index in [9.17, 15) is 18.0 Å². The second kappa shape index (κ2) is 7.58. The van der Waals surface area contributed by atoms with Crippen LogP contribution >= 0.6 is 0 Å². The first-order valence-corrected chi connectivity index (χ1v) is 6.15. The summed E-state index contributed by atoms with van der Waals surface area (Å²) < 4.78 is 38.4. The highest BCUT2D eigenvalue weighted by Crippen LogP contribution is 2.17. The summed E-state index contributed by atoms with van der Waals surface area (Å²) in [6.45, 7) is 0.978. The van der Waals surface area contributed by atoms with Crippen LogP contribution in [0.4, 0.5) is 13.2 Å². The van der Waals surface area contributed by atoms with Crippen molar-refractivity contribution in [1.29, 1.82) is 0 Å². The molecule has 23 heavy (non-hydrogen) atoms. The van der Waals surface area contributed by atoms with Crippen molar-refractivity contribution < 1.29 is 37.7 Å². The quantitative estimate of drug-likeness (QED) is 0.887. The Morgan fingerprint density at radius 3 is 2.43 bits per heavy atom. The molecule has 2 rings (SSSR count). The number of fused-ring (bicyclic) bond motifs is 1. The van der Waals surface area contributed by atoms with Gasteiger partial charge in [-0.05, 0) is 18.2 Å². The van der Waals surface area contributed by atoms with E-state index in [4.69, 9.17) is 19.7 Å². The summed E-state index contributed by atoms with van der Waals surface area (Å²) in [5.41, 5.74) is 1.75. The number of aromatic carboxylic acids is 1. The van der Waals surface area contributed by atoms with Gasteiger partial charge in [0, 0.05) is 19.9 Å². The van der Waals surface area contributed by atoms with Crippen LogP contribution in [0.15, 0.2) is 24.4 Å². The Morgan fingerprint density at radius 1 is 1.35 bits per heavy atom. The summed E-state index contributed by atoms with van der Waals surface area (Å²) in [6.07, 6.45) is -3.44. The van der Waals surface area contributed by atoms with Gasteiger partial charge in [0.15, 0.2) is 0 Å². The standard InChI is InChI=1S/C11H12N2O3.C2HF3O2/c1-16-6-5-13-9-3-2-4-12-8(9)7-10(13)11(14)15;3-2(4,5)1(6)7/h2-4,7H,5-6H2,1H3,(H,14,15);(H,6,7). The maximum atomic E-state index is 11.1. The average Bonchev–Trinajstić information content (AvgIpc) is 2.83. The number of halogens is 3. The van der Waals surface area contributed by atoms with Crippen LogP contribution in [0.25, 0.3) is 11.0 Å². The van der Waals surface area contributed by atoms with Gasteiger partial charge in [-0.1, -0.05) is 0 Å². The second-order valence-electron chi connectivity index (χ2n) is 4.19. The number of ether oxygens (including phenoxy) is 1. The molecule has 2 aromatic rings. The van der Waals surface area contributed by atoms with Crippen molar-refractivity contribution >= 4 is 23.0 Å². The lowest BCUT2D eigenvalue weighted by Crippen LogP contribution is -2.21. The van der Waals surface area contributed by atoms with E-state index in [1.165, 1.54) is 0 Å². The fourth-order valence-corrected chi connectivity index (χ4v) is 1.69.